The van der Waals surface area contributed by atoms with E-state index in [9.17, 15) is 4.79 Å². The van der Waals surface area contributed by atoms with Gasteiger partial charge in [0.2, 0.25) is 0 Å². The van der Waals surface area contributed by atoms with Crippen LogP contribution in [0.5, 0.6) is 0 Å². The monoisotopic (exact) mass is 361 g/mol. The van der Waals surface area contributed by atoms with Crippen LogP contribution in [0.2, 0.25) is 0 Å². The number of carbonyl (C=O) groups is 1. The van der Waals surface area contributed by atoms with Gasteiger partial charge in [0.1, 0.15) is 10.9 Å². The predicted octanol–water partition coefficient (Wildman–Crippen LogP) is 3.63. The van der Waals surface area contributed by atoms with Crippen molar-refractivity contribution in [1.82, 2.24) is 5.32 Å². The lowest BCUT2D eigenvalue weighted by Gasteiger charge is -2.20. The van der Waals surface area contributed by atoms with Gasteiger partial charge in [-0.1, -0.05) is 55.4 Å². The second kappa shape index (κ2) is 8.72. The largest absolute Gasteiger partial charge is 0.464 e. The molecule has 0 aliphatic heterocycles. The van der Waals surface area contributed by atoms with Crippen molar-refractivity contribution >= 4 is 23.3 Å². The zero-order valence-electron chi connectivity index (χ0n) is 14.6. The van der Waals surface area contributed by atoms with E-state index in [4.69, 9.17) is 22.1 Å². The van der Waals surface area contributed by atoms with Gasteiger partial charge < -0.3 is 15.8 Å². The molecule has 3 N–H and O–H groups in total. The van der Waals surface area contributed by atoms with Gasteiger partial charge in [0.15, 0.2) is 5.71 Å². The number of nitrogens with one attached hydrogen (secondary N) is 1. The third kappa shape index (κ3) is 5.10. The van der Waals surface area contributed by atoms with Crippen molar-refractivity contribution < 1.29 is 9.53 Å². The summed E-state index contributed by atoms with van der Waals surface area (Å²) >= 11 is 6.35. The number of aliphatic imine (C=N–C) groups is 1. The number of esters is 1. The summed E-state index contributed by atoms with van der Waals surface area (Å²) in [6, 6.07) is 9.86. The SMILES string of the molecule is C=C(/N=C(C(=O)OC)\C(Cl)=C(/N)NC(CC)c1ccccc1)C1CC1. The minimum Gasteiger partial charge on any atom is -0.464 e. The fourth-order valence-corrected chi connectivity index (χ4v) is 2.59. The number of nitrogens with zero attached hydrogens (tertiary/aromatic N) is 1. The highest BCUT2D eigenvalue weighted by Gasteiger charge is 2.27. The Morgan fingerprint density at radius 2 is 2.08 bits per heavy atom. The first-order valence-corrected chi connectivity index (χ1v) is 8.68. The number of carbonyl (C=O) groups excluding carboxylic acids is 1. The zero-order chi connectivity index (χ0) is 18.4. The lowest BCUT2D eigenvalue weighted by Crippen LogP contribution is -2.29. The summed E-state index contributed by atoms with van der Waals surface area (Å²) in [5.41, 5.74) is 7.80. The van der Waals surface area contributed by atoms with E-state index in [1.807, 2.05) is 37.3 Å². The molecule has 1 aliphatic rings. The van der Waals surface area contributed by atoms with E-state index >= 15 is 0 Å². The van der Waals surface area contributed by atoms with Gasteiger partial charge in [-0.25, -0.2) is 9.79 Å². The normalized spacial score (nSPS) is 16.7. The van der Waals surface area contributed by atoms with Crippen molar-refractivity contribution in [2.24, 2.45) is 16.6 Å². The molecule has 0 radical (unpaired) electrons. The molecule has 134 valence electrons. The van der Waals surface area contributed by atoms with Crippen molar-refractivity contribution in [2.75, 3.05) is 7.11 Å². The van der Waals surface area contributed by atoms with Crippen LogP contribution in [0.25, 0.3) is 0 Å². The second-order valence-electron chi connectivity index (χ2n) is 5.96. The standard InChI is InChI=1S/C19H24ClN3O2/c1-4-15(14-8-6-5-7-9-14)23-18(21)16(20)17(19(24)25-3)22-12(2)13-10-11-13/h5-9,13,15,23H,2,4,10-11,21H2,1,3H3/b18-16-,22-17+. The minimum absolute atomic E-state index is 0.0195. The first-order valence-electron chi connectivity index (χ1n) is 8.30. The first-order chi connectivity index (χ1) is 12.0. The van der Waals surface area contributed by atoms with Crippen LogP contribution in [0.1, 0.15) is 37.8 Å². The number of hydrogen-bond donors (Lipinski definition) is 2. The van der Waals surface area contributed by atoms with Crippen LogP contribution in [-0.4, -0.2) is 18.8 Å². The summed E-state index contributed by atoms with van der Waals surface area (Å²) in [4.78, 5) is 16.3. The zero-order valence-corrected chi connectivity index (χ0v) is 15.3. The van der Waals surface area contributed by atoms with E-state index < -0.39 is 5.97 Å². The van der Waals surface area contributed by atoms with Gasteiger partial charge in [-0.15, -0.1) is 0 Å². The molecule has 1 unspecified atom stereocenters. The maximum absolute atomic E-state index is 12.1. The van der Waals surface area contributed by atoms with Crippen LogP contribution in [-0.2, 0) is 9.53 Å². The molecular weight excluding hydrogens is 338 g/mol. The highest BCUT2D eigenvalue weighted by atomic mass is 35.5. The van der Waals surface area contributed by atoms with E-state index in [1.54, 1.807) is 0 Å². The van der Waals surface area contributed by atoms with Crippen molar-refractivity contribution in [1.29, 1.82) is 0 Å². The molecule has 25 heavy (non-hydrogen) atoms. The number of benzene rings is 1. The molecule has 0 spiro atoms. The van der Waals surface area contributed by atoms with Gasteiger partial charge in [0.25, 0.3) is 0 Å². The lowest BCUT2D eigenvalue weighted by molar-refractivity contribution is -0.132. The number of rotatable bonds is 8. The summed E-state index contributed by atoms with van der Waals surface area (Å²) in [6.45, 7) is 5.94. The molecule has 2 rings (SSSR count). The van der Waals surface area contributed by atoms with Gasteiger partial charge in [-0.05, 0) is 24.8 Å². The topological polar surface area (TPSA) is 76.7 Å². The van der Waals surface area contributed by atoms with Crippen LogP contribution < -0.4 is 11.1 Å². The number of nitrogens with two attached hydrogens (primary N) is 1. The molecule has 0 saturated heterocycles. The molecule has 0 bridgehead atoms. The molecule has 0 heterocycles. The number of halogens is 1. The number of methoxy groups -OCH3 is 1. The van der Waals surface area contributed by atoms with Gasteiger partial charge in [0.05, 0.1) is 13.2 Å². The molecule has 1 aliphatic carbocycles. The summed E-state index contributed by atoms with van der Waals surface area (Å²) < 4.78 is 4.79. The Kier molecular flexibility index (Phi) is 6.65. The summed E-state index contributed by atoms with van der Waals surface area (Å²) in [6.07, 6.45) is 2.85. The molecule has 1 saturated carbocycles. The number of ether oxygens (including phenoxy) is 1. The van der Waals surface area contributed by atoms with Crippen LogP contribution in [0.3, 0.4) is 0 Å². The molecule has 5 nitrogen and oxygen atoms in total. The van der Waals surface area contributed by atoms with Crippen LogP contribution in [0.15, 0.2) is 58.5 Å². The third-order valence-electron chi connectivity index (χ3n) is 4.07. The first kappa shape index (κ1) is 19.1. The Morgan fingerprint density at radius 3 is 2.60 bits per heavy atom. The van der Waals surface area contributed by atoms with Gasteiger partial charge >= 0.3 is 5.97 Å². The number of allylic oxidation sites excluding steroid dienone is 1. The Balaban J connectivity index is 2.26. The van der Waals surface area contributed by atoms with Crippen molar-refractivity contribution in [2.45, 2.75) is 32.2 Å². The van der Waals surface area contributed by atoms with E-state index in [-0.39, 0.29) is 22.6 Å². The van der Waals surface area contributed by atoms with E-state index in [2.05, 4.69) is 16.9 Å². The van der Waals surface area contributed by atoms with Crippen LogP contribution >= 0.6 is 11.6 Å². The lowest BCUT2D eigenvalue weighted by atomic mass is 10.0. The summed E-state index contributed by atoms with van der Waals surface area (Å²) in [5, 5.41) is 3.21. The maximum atomic E-state index is 12.1. The van der Waals surface area contributed by atoms with Crippen molar-refractivity contribution in [3.63, 3.8) is 0 Å². The highest BCUT2D eigenvalue weighted by molar-refractivity contribution is 6.58. The average Bonchev–Trinajstić information content (AvgIpc) is 3.48. The van der Waals surface area contributed by atoms with Crippen molar-refractivity contribution in [3.8, 4) is 0 Å². The summed E-state index contributed by atoms with van der Waals surface area (Å²) in [5.74, 6) is -0.138. The van der Waals surface area contributed by atoms with E-state index in [0.29, 0.717) is 11.6 Å². The Bertz CT molecular complexity index is 694. The van der Waals surface area contributed by atoms with Crippen LogP contribution in [0, 0.1) is 5.92 Å². The van der Waals surface area contributed by atoms with Crippen molar-refractivity contribution in [3.05, 3.63) is 59.0 Å². The molecular formula is C19H24ClN3O2. The second-order valence-corrected chi connectivity index (χ2v) is 6.34. The molecule has 1 fully saturated rings. The fourth-order valence-electron chi connectivity index (χ4n) is 2.42. The Morgan fingerprint density at radius 1 is 1.44 bits per heavy atom. The maximum Gasteiger partial charge on any atom is 0.358 e. The molecule has 6 heteroatoms. The summed E-state index contributed by atoms with van der Waals surface area (Å²) in [7, 11) is 1.28. The quantitative estimate of drug-likeness (QED) is 0.547. The molecule has 1 aromatic rings. The Hall–Kier alpha value is -2.27. The molecule has 0 aromatic heterocycles. The van der Waals surface area contributed by atoms with E-state index in [0.717, 1.165) is 24.8 Å². The average molecular weight is 362 g/mol. The molecule has 1 aromatic carbocycles. The minimum atomic E-state index is -0.635. The van der Waals surface area contributed by atoms with Gasteiger partial charge in [0, 0.05) is 11.6 Å². The highest BCUT2D eigenvalue weighted by Crippen LogP contribution is 2.36. The number of hydrogen-bond acceptors (Lipinski definition) is 5. The predicted molar refractivity (Wildman–Crippen MR) is 101 cm³/mol. The molecule has 1 atom stereocenters. The van der Waals surface area contributed by atoms with Crippen LogP contribution in [0.4, 0.5) is 0 Å². The third-order valence-corrected chi connectivity index (χ3v) is 4.45. The Labute approximate surface area is 153 Å². The molecule has 0 amide bonds. The van der Waals surface area contributed by atoms with E-state index in [1.165, 1.54) is 7.11 Å². The van der Waals surface area contributed by atoms with Gasteiger partial charge in [-0.2, -0.15) is 0 Å². The van der Waals surface area contributed by atoms with Gasteiger partial charge in [-0.3, -0.25) is 0 Å². The smallest absolute Gasteiger partial charge is 0.358 e. The fraction of sp³-hybridized carbons (Fsp3) is 0.368.